The van der Waals surface area contributed by atoms with E-state index in [1.165, 1.54) is 37.0 Å². The number of hydrogen-bond donors (Lipinski definition) is 2. The van der Waals surface area contributed by atoms with Gasteiger partial charge in [0.25, 0.3) is 0 Å². The molecule has 0 unspecified atom stereocenters. The molecule has 120 valence electrons. The molecule has 1 aliphatic rings. The predicted molar refractivity (Wildman–Crippen MR) is 87.2 cm³/mol. The Morgan fingerprint density at radius 3 is 2.76 bits per heavy atom. The van der Waals surface area contributed by atoms with Crippen molar-refractivity contribution < 1.29 is 8.42 Å². The minimum absolute atomic E-state index is 0.399. The smallest absolute Gasteiger partial charge is 0.250 e. The summed E-state index contributed by atoms with van der Waals surface area (Å²) in [5, 5.41) is 4.91. The van der Waals surface area contributed by atoms with Crippen molar-refractivity contribution in [3.63, 3.8) is 0 Å². The van der Waals surface area contributed by atoms with Crippen LogP contribution in [-0.4, -0.2) is 46.5 Å². The molecule has 1 aromatic rings. The molecule has 1 aliphatic carbocycles. The Balaban J connectivity index is 1.82. The Bertz CT molecular complexity index is 536. The molecule has 2 N–H and O–H groups in total. The Labute approximate surface area is 131 Å². The lowest BCUT2D eigenvalue weighted by atomic mass is 10.2. The van der Waals surface area contributed by atoms with Gasteiger partial charge in [0.15, 0.2) is 0 Å². The fourth-order valence-corrected chi connectivity index (χ4v) is 5.02. The SMILES string of the molecule is CNCc1csc(S(=O)(=O)NCCN(C)C2CCCC2)c1. The molecule has 1 fully saturated rings. The third-order valence-corrected chi connectivity index (χ3v) is 6.93. The molecule has 0 atom stereocenters. The molecule has 21 heavy (non-hydrogen) atoms. The highest BCUT2D eigenvalue weighted by molar-refractivity contribution is 7.91. The molecule has 1 heterocycles. The third-order valence-electron chi connectivity index (χ3n) is 3.98. The van der Waals surface area contributed by atoms with Gasteiger partial charge in [0.1, 0.15) is 4.21 Å². The van der Waals surface area contributed by atoms with Gasteiger partial charge >= 0.3 is 0 Å². The van der Waals surface area contributed by atoms with Crippen LogP contribution in [0.3, 0.4) is 0 Å². The van der Waals surface area contributed by atoms with E-state index in [9.17, 15) is 8.42 Å². The molecule has 0 saturated heterocycles. The summed E-state index contributed by atoms with van der Waals surface area (Å²) in [6.07, 6.45) is 5.07. The summed E-state index contributed by atoms with van der Waals surface area (Å²) in [5.74, 6) is 0. The quantitative estimate of drug-likeness (QED) is 0.760. The monoisotopic (exact) mass is 331 g/mol. The van der Waals surface area contributed by atoms with Crippen molar-refractivity contribution >= 4 is 21.4 Å². The van der Waals surface area contributed by atoms with Crippen LogP contribution in [0.15, 0.2) is 15.7 Å². The molecule has 0 radical (unpaired) electrons. The van der Waals surface area contributed by atoms with E-state index >= 15 is 0 Å². The number of likely N-dealkylation sites (N-methyl/N-ethyl adjacent to an activating group) is 1. The van der Waals surface area contributed by atoms with Crippen LogP contribution in [0, 0.1) is 0 Å². The Morgan fingerprint density at radius 2 is 2.10 bits per heavy atom. The van der Waals surface area contributed by atoms with Crippen LogP contribution < -0.4 is 10.0 Å². The number of rotatable bonds is 8. The van der Waals surface area contributed by atoms with Crippen molar-refractivity contribution in [3.8, 4) is 0 Å². The minimum Gasteiger partial charge on any atom is -0.316 e. The zero-order chi connectivity index (χ0) is 15.3. The van der Waals surface area contributed by atoms with Crippen LogP contribution in [0.4, 0.5) is 0 Å². The number of thiophene rings is 1. The predicted octanol–water partition coefficient (Wildman–Crippen LogP) is 1.62. The van der Waals surface area contributed by atoms with Gasteiger partial charge in [-0.15, -0.1) is 11.3 Å². The van der Waals surface area contributed by atoms with Gasteiger partial charge in [-0.2, -0.15) is 0 Å². The summed E-state index contributed by atoms with van der Waals surface area (Å²) >= 11 is 1.28. The van der Waals surface area contributed by atoms with Crippen molar-refractivity contribution in [2.24, 2.45) is 0 Å². The summed E-state index contributed by atoms with van der Waals surface area (Å²) in [5.41, 5.74) is 1.01. The van der Waals surface area contributed by atoms with E-state index in [-0.39, 0.29) is 0 Å². The molecule has 1 aromatic heterocycles. The van der Waals surface area contributed by atoms with Crippen LogP contribution >= 0.6 is 11.3 Å². The second kappa shape index (κ2) is 7.69. The van der Waals surface area contributed by atoms with Gasteiger partial charge in [0.05, 0.1) is 0 Å². The van der Waals surface area contributed by atoms with Crippen LogP contribution in [0.5, 0.6) is 0 Å². The highest BCUT2D eigenvalue weighted by Crippen LogP contribution is 2.22. The zero-order valence-electron chi connectivity index (χ0n) is 12.8. The van der Waals surface area contributed by atoms with E-state index in [4.69, 9.17) is 0 Å². The molecule has 0 bridgehead atoms. The van der Waals surface area contributed by atoms with Gasteiger partial charge in [-0.1, -0.05) is 12.8 Å². The largest absolute Gasteiger partial charge is 0.316 e. The average Bonchev–Trinajstić information content (AvgIpc) is 3.10. The van der Waals surface area contributed by atoms with Crippen LogP contribution in [0.25, 0.3) is 0 Å². The first kappa shape index (κ1) is 16.9. The Hall–Kier alpha value is -0.470. The van der Waals surface area contributed by atoms with Gasteiger partial charge in [-0.05, 0) is 43.9 Å². The van der Waals surface area contributed by atoms with Crippen LogP contribution in [0.1, 0.15) is 31.2 Å². The fourth-order valence-electron chi connectivity index (χ4n) is 2.75. The van der Waals surface area contributed by atoms with E-state index in [2.05, 4.69) is 22.0 Å². The lowest BCUT2D eigenvalue weighted by molar-refractivity contribution is 0.250. The van der Waals surface area contributed by atoms with E-state index in [0.717, 1.165) is 12.1 Å². The van der Waals surface area contributed by atoms with Crippen molar-refractivity contribution in [2.75, 3.05) is 27.2 Å². The molecule has 7 heteroatoms. The van der Waals surface area contributed by atoms with E-state index in [1.54, 1.807) is 6.07 Å². The average molecular weight is 332 g/mol. The van der Waals surface area contributed by atoms with Gasteiger partial charge in [0.2, 0.25) is 10.0 Å². The second-order valence-corrected chi connectivity index (χ2v) is 8.53. The number of sulfonamides is 1. The molecular formula is C14H25N3O2S2. The number of hydrogen-bond acceptors (Lipinski definition) is 5. The summed E-state index contributed by atoms with van der Waals surface area (Å²) in [6, 6.07) is 2.36. The maximum atomic E-state index is 12.2. The number of nitrogens with one attached hydrogen (secondary N) is 2. The summed E-state index contributed by atoms with van der Waals surface area (Å²) in [6.45, 7) is 1.92. The number of nitrogens with zero attached hydrogens (tertiary/aromatic N) is 1. The van der Waals surface area contributed by atoms with Crippen LogP contribution in [-0.2, 0) is 16.6 Å². The maximum absolute atomic E-state index is 12.2. The van der Waals surface area contributed by atoms with Crippen molar-refractivity contribution in [1.82, 2.24) is 14.9 Å². The van der Waals surface area contributed by atoms with Crippen molar-refractivity contribution in [1.29, 1.82) is 0 Å². The third kappa shape index (κ3) is 4.75. The first-order valence-corrected chi connectivity index (χ1v) is 9.81. The topological polar surface area (TPSA) is 61.4 Å². The first-order valence-electron chi connectivity index (χ1n) is 7.45. The Morgan fingerprint density at radius 1 is 1.38 bits per heavy atom. The van der Waals surface area contributed by atoms with E-state index in [0.29, 0.717) is 23.3 Å². The highest BCUT2D eigenvalue weighted by Gasteiger charge is 2.20. The second-order valence-electron chi connectivity index (χ2n) is 5.62. The summed E-state index contributed by atoms with van der Waals surface area (Å²) in [4.78, 5) is 2.27. The van der Waals surface area contributed by atoms with Gasteiger partial charge < -0.3 is 10.2 Å². The lowest BCUT2D eigenvalue weighted by Gasteiger charge is -2.23. The highest BCUT2D eigenvalue weighted by atomic mass is 32.2. The lowest BCUT2D eigenvalue weighted by Crippen LogP contribution is -2.37. The molecule has 0 aliphatic heterocycles. The summed E-state index contributed by atoms with van der Waals surface area (Å²) in [7, 11) is 0.571. The molecule has 0 spiro atoms. The molecule has 5 nitrogen and oxygen atoms in total. The molecule has 0 aromatic carbocycles. The zero-order valence-corrected chi connectivity index (χ0v) is 14.4. The van der Waals surface area contributed by atoms with Crippen LogP contribution in [0.2, 0.25) is 0 Å². The Kier molecular flexibility index (Phi) is 6.19. The first-order chi connectivity index (χ1) is 10.0. The normalized spacial score (nSPS) is 16.9. The van der Waals surface area contributed by atoms with E-state index in [1.807, 2.05) is 12.4 Å². The molecule has 1 saturated carbocycles. The van der Waals surface area contributed by atoms with Gasteiger partial charge in [-0.3, -0.25) is 0 Å². The molecular weight excluding hydrogens is 306 g/mol. The van der Waals surface area contributed by atoms with Gasteiger partial charge in [-0.25, -0.2) is 13.1 Å². The van der Waals surface area contributed by atoms with Gasteiger partial charge in [0, 0.05) is 25.7 Å². The molecule has 2 rings (SSSR count). The standard InChI is InChI=1S/C14H25N3O2S2/c1-15-10-12-9-14(20-11-12)21(18,19)16-7-8-17(2)13-5-3-4-6-13/h9,11,13,15-16H,3-8,10H2,1-2H3. The molecule has 0 amide bonds. The fraction of sp³-hybridized carbons (Fsp3) is 0.714. The summed E-state index contributed by atoms with van der Waals surface area (Å²) < 4.78 is 27.5. The minimum atomic E-state index is -3.36. The van der Waals surface area contributed by atoms with E-state index < -0.39 is 10.0 Å². The van der Waals surface area contributed by atoms with Crippen molar-refractivity contribution in [2.45, 2.75) is 42.5 Å². The maximum Gasteiger partial charge on any atom is 0.250 e. The van der Waals surface area contributed by atoms with Crippen molar-refractivity contribution in [3.05, 3.63) is 17.0 Å².